The number of ether oxygens (including phenoxy) is 1. The lowest BCUT2D eigenvalue weighted by Gasteiger charge is -2.25. The SMILES string of the molecule is NCc1cc(NC(=O)C2CCc3ccc(Oc4ccnc5c4CCC(=O)N5)cc3C2)cc(C(F)(F)F)c1. The van der Waals surface area contributed by atoms with Gasteiger partial charge < -0.3 is 21.1 Å². The number of nitrogens with two attached hydrogens (primary N) is 1. The molecule has 2 heterocycles. The Morgan fingerprint density at radius 2 is 1.95 bits per heavy atom. The molecule has 0 fully saturated rings. The maximum atomic E-state index is 13.3. The first-order valence-corrected chi connectivity index (χ1v) is 12.0. The number of carbonyl (C=O) groups is 2. The molecule has 1 aromatic heterocycles. The molecule has 0 spiro atoms. The van der Waals surface area contributed by atoms with Crippen LogP contribution in [0.2, 0.25) is 0 Å². The van der Waals surface area contributed by atoms with Gasteiger partial charge in [0.2, 0.25) is 11.8 Å². The zero-order valence-electron chi connectivity index (χ0n) is 19.8. The van der Waals surface area contributed by atoms with Crippen molar-refractivity contribution in [2.45, 2.75) is 44.8 Å². The fourth-order valence-corrected chi connectivity index (χ4v) is 4.79. The van der Waals surface area contributed by atoms with Crippen LogP contribution >= 0.6 is 0 Å². The molecule has 3 aromatic rings. The molecule has 0 saturated heterocycles. The highest BCUT2D eigenvalue weighted by atomic mass is 19.4. The molecule has 1 atom stereocenters. The zero-order chi connectivity index (χ0) is 26.2. The van der Waals surface area contributed by atoms with E-state index in [-0.39, 0.29) is 24.0 Å². The van der Waals surface area contributed by atoms with E-state index in [1.807, 2.05) is 18.2 Å². The molecule has 10 heteroatoms. The lowest BCUT2D eigenvalue weighted by Crippen LogP contribution is -2.28. The van der Waals surface area contributed by atoms with E-state index in [1.54, 1.807) is 12.3 Å². The number of fused-ring (bicyclic) bond motifs is 2. The highest BCUT2D eigenvalue weighted by Crippen LogP contribution is 2.36. The van der Waals surface area contributed by atoms with Crippen LogP contribution in [-0.4, -0.2) is 16.8 Å². The van der Waals surface area contributed by atoms with Gasteiger partial charge in [0, 0.05) is 36.3 Å². The molecule has 2 aliphatic rings. The molecule has 7 nitrogen and oxygen atoms in total. The van der Waals surface area contributed by atoms with Gasteiger partial charge in [-0.2, -0.15) is 13.2 Å². The highest BCUT2D eigenvalue weighted by Gasteiger charge is 2.32. The average molecular weight is 511 g/mol. The number of rotatable bonds is 5. The molecular formula is C27H25F3N4O3. The number of benzene rings is 2. The van der Waals surface area contributed by atoms with Gasteiger partial charge in [-0.05, 0) is 78.8 Å². The average Bonchev–Trinajstić information content (AvgIpc) is 2.87. The Hall–Kier alpha value is -3.92. The highest BCUT2D eigenvalue weighted by molar-refractivity contribution is 5.94. The molecule has 1 aliphatic carbocycles. The Morgan fingerprint density at radius 3 is 2.73 bits per heavy atom. The molecule has 1 aliphatic heterocycles. The van der Waals surface area contributed by atoms with Crippen LogP contribution in [0.1, 0.15) is 40.7 Å². The topological polar surface area (TPSA) is 106 Å². The van der Waals surface area contributed by atoms with Crippen molar-refractivity contribution in [1.82, 2.24) is 4.98 Å². The summed E-state index contributed by atoms with van der Waals surface area (Å²) in [6.45, 7) is -0.0700. The van der Waals surface area contributed by atoms with Crippen molar-refractivity contribution in [3.8, 4) is 11.5 Å². The van der Waals surface area contributed by atoms with Crippen LogP contribution in [-0.2, 0) is 41.6 Å². The standard InChI is InChI=1S/C27H25F3N4O3/c28-27(29,30)19-9-15(14-31)10-20(13-19)33-26(36)17-2-1-16-3-4-21(12-18(16)11-17)37-23-7-8-32-25-22(23)5-6-24(35)34-25/h3-4,7-10,12-13,17H,1-2,5-6,11,14,31H2,(H,33,36)(H,32,34,35). The van der Waals surface area contributed by atoms with Gasteiger partial charge in [0.25, 0.3) is 0 Å². The quantitative estimate of drug-likeness (QED) is 0.449. The molecular weight excluding hydrogens is 485 g/mol. The molecule has 2 amide bonds. The minimum atomic E-state index is -4.54. The number of alkyl halides is 3. The summed E-state index contributed by atoms with van der Waals surface area (Å²) < 4.78 is 45.9. The number of carbonyl (C=O) groups excluding carboxylic acids is 2. The number of pyridine rings is 1. The third-order valence-electron chi connectivity index (χ3n) is 6.70. The minimum absolute atomic E-state index is 0.0700. The van der Waals surface area contributed by atoms with Gasteiger partial charge in [-0.15, -0.1) is 0 Å². The molecule has 4 N–H and O–H groups in total. The fraction of sp³-hybridized carbons (Fsp3) is 0.296. The number of nitrogens with zero attached hydrogens (tertiary/aromatic N) is 1. The summed E-state index contributed by atoms with van der Waals surface area (Å²) in [5, 5.41) is 5.40. The fourth-order valence-electron chi connectivity index (χ4n) is 4.79. The van der Waals surface area contributed by atoms with Crippen LogP contribution in [0.5, 0.6) is 11.5 Å². The summed E-state index contributed by atoms with van der Waals surface area (Å²) in [5.41, 5.74) is 7.96. The molecule has 5 rings (SSSR count). The maximum Gasteiger partial charge on any atom is 0.416 e. The van der Waals surface area contributed by atoms with E-state index in [0.29, 0.717) is 55.0 Å². The normalized spacial score (nSPS) is 16.9. The summed E-state index contributed by atoms with van der Waals surface area (Å²) in [6.07, 6.45) is -0.396. The molecule has 0 radical (unpaired) electrons. The van der Waals surface area contributed by atoms with Crippen molar-refractivity contribution in [2.75, 3.05) is 10.6 Å². The van der Waals surface area contributed by atoms with Gasteiger partial charge in [-0.25, -0.2) is 4.98 Å². The number of amides is 2. The predicted octanol–water partition coefficient (Wildman–Crippen LogP) is 4.98. The largest absolute Gasteiger partial charge is 0.457 e. The summed E-state index contributed by atoms with van der Waals surface area (Å²) in [7, 11) is 0. The number of hydrogen-bond acceptors (Lipinski definition) is 5. The lowest BCUT2D eigenvalue weighted by atomic mass is 9.83. The first kappa shape index (κ1) is 24.8. The Morgan fingerprint density at radius 1 is 1.11 bits per heavy atom. The van der Waals surface area contributed by atoms with Crippen molar-refractivity contribution in [1.29, 1.82) is 0 Å². The Bertz CT molecular complexity index is 1370. The number of halogens is 3. The van der Waals surface area contributed by atoms with E-state index in [1.165, 1.54) is 6.07 Å². The van der Waals surface area contributed by atoms with Crippen LogP contribution in [0, 0.1) is 5.92 Å². The van der Waals surface area contributed by atoms with Crippen molar-refractivity contribution in [2.24, 2.45) is 11.7 Å². The van der Waals surface area contributed by atoms with Crippen molar-refractivity contribution < 1.29 is 27.5 Å². The van der Waals surface area contributed by atoms with Gasteiger partial charge in [0.05, 0.1) is 5.56 Å². The first-order chi connectivity index (χ1) is 17.7. The zero-order valence-corrected chi connectivity index (χ0v) is 19.8. The summed E-state index contributed by atoms with van der Waals surface area (Å²) >= 11 is 0. The number of anilines is 2. The second-order valence-electron chi connectivity index (χ2n) is 9.27. The molecule has 2 aromatic carbocycles. The predicted molar refractivity (Wildman–Crippen MR) is 131 cm³/mol. The monoisotopic (exact) mass is 510 g/mol. The summed E-state index contributed by atoms with van der Waals surface area (Å²) in [4.78, 5) is 28.9. The number of aromatic nitrogens is 1. The second-order valence-corrected chi connectivity index (χ2v) is 9.27. The smallest absolute Gasteiger partial charge is 0.416 e. The Balaban J connectivity index is 1.31. The van der Waals surface area contributed by atoms with Crippen LogP contribution in [0.25, 0.3) is 0 Å². The first-order valence-electron chi connectivity index (χ1n) is 12.0. The van der Waals surface area contributed by atoms with Gasteiger partial charge in [0.15, 0.2) is 0 Å². The number of hydrogen-bond donors (Lipinski definition) is 3. The van der Waals surface area contributed by atoms with Crippen molar-refractivity contribution in [3.05, 3.63) is 76.5 Å². The summed E-state index contributed by atoms with van der Waals surface area (Å²) in [5.74, 6) is 0.877. The van der Waals surface area contributed by atoms with Gasteiger partial charge in [0.1, 0.15) is 17.3 Å². The molecule has 1 unspecified atom stereocenters. The van der Waals surface area contributed by atoms with Gasteiger partial charge in [-0.1, -0.05) is 6.07 Å². The lowest BCUT2D eigenvalue weighted by molar-refractivity contribution is -0.137. The van der Waals surface area contributed by atoms with Gasteiger partial charge >= 0.3 is 6.18 Å². The molecule has 37 heavy (non-hydrogen) atoms. The van der Waals surface area contributed by atoms with Crippen LogP contribution < -0.4 is 21.1 Å². The van der Waals surface area contributed by atoms with Crippen LogP contribution in [0.4, 0.5) is 24.7 Å². The van der Waals surface area contributed by atoms with Crippen LogP contribution in [0.3, 0.4) is 0 Å². The van der Waals surface area contributed by atoms with E-state index < -0.39 is 17.7 Å². The van der Waals surface area contributed by atoms with E-state index in [0.717, 1.165) is 28.8 Å². The van der Waals surface area contributed by atoms with Crippen molar-refractivity contribution >= 4 is 23.3 Å². The van der Waals surface area contributed by atoms with E-state index >= 15 is 0 Å². The second kappa shape index (κ2) is 9.85. The Labute approximate surface area is 211 Å². The molecule has 192 valence electrons. The van der Waals surface area contributed by atoms with E-state index in [2.05, 4.69) is 15.6 Å². The van der Waals surface area contributed by atoms with Crippen LogP contribution in [0.15, 0.2) is 48.7 Å². The minimum Gasteiger partial charge on any atom is -0.457 e. The maximum absolute atomic E-state index is 13.3. The third-order valence-corrected chi connectivity index (χ3v) is 6.70. The van der Waals surface area contributed by atoms with E-state index in [4.69, 9.17) is 10.5 Å². The molecule has 0 bridgehead atoms. The number of aryl methyl sites for hydroxylation is 1. The third kappa shape index (κ3) is 5.43. The van der Waals surface area contributed by atoms with Crippen molar-refractivity contribution in [3.63, 3.8) is 0 Å². The van der Waals surface area contributed by atoms with Gasteiger partial charge in [-0.3, -0.25) is 9.59 Å². The van der Waals surface area contributed by atoms with E-state index in [9.17, 15) is 22.8 Å². The Kier molecular flexibility index (Phi) is 6.59. The molecule has 0 saturated carbocycles. The summed E-state index contributed by atoms with van der Waals surface area (Å²) in [6, 6.07) is 10.8. The number of nitrogens with one attached hydrogen (secondary N) is 2.